The van der Waals surface area contributed by atoms with E-state index in [1.807, 2.05) is 32.0 Å². The number of sulfone groups is 1. The van der Waals surface area contributed by atoms with E-state index in [0.29, 0.717) is 29.5 Å². The molecule has 1 amide bonds. The Balaban J connectivity index is 0.00000408. The fourth-order valence-corrected chi connectivity index (χ4v) is 5.67. The van der Waals surface area contributed by atoms with Crippen molar-refractivity contribution in [3.63, 3.8) is 0 Å². The maximum atomic E-state index is 13.2. The van der Waals surface area contributed by atoms with Crippen LogP contribution < -0.4 is 9.64 Å². The quantitative estimate of drug-likeness (QED) is 0.342. The van der Waals surface area contributed by atoms with Crippen LogP contribution in [0.1, 0.15) is 20.3 Å². The highest BCUT2D eigenvalue weighted by molar-refractivity contribution is 7.91. The van der Waals surface area contributed by atoms with E-state index < -0.39 is 15.7 Å². The molecule has 186 valence electrons. The van der Waals surface area contributed by atoms with Crippen molar-refractivity contribution in [2.24, 2.45) is 0 Å². The van der Waals surface area contributed by atoms with E-state index in [1.165, 1.54) is 23.5 Å². The Morgan fingerprint density at radius 3 is 2.38 bits per heavy atom. The molecular weight excluding hydrogens is 501 g/mol. The molecule has 0 radical (unpaired) electrons. The summed E-state index contributed by atoms with van der Waals surface area (Å²) in [6.07, 6.45) is -0.203. The third kappa shape index (κ3) is 6.65. The third-order valence-corrected chi connectivity index (χ3v) is 8.19. The Bertz CT molecular complexity index is 1200. The summed E-state index contributed by atoms with van der Waals surface area (Å²) in [5.41, 5.74) is 0.666. The molecule has 1 heterocycles. The van der Waals surface area contributed by atoms with Gasteiger partial charge in [-0.15, -0.1) is 12.4 Å². The average molecular weight is 530 g/mol. The molecule has 0 spiro atoms. The van der Waals surface area contributed by atoms with Crippen molar-refractivity contribution in [3.8, 4) is 5.75 Å². The van der Waals surface area contributed by atoms with Crippen molar-refractivity contribution < 1.29 is 22.3 Å². The second kappa shape index (κ2) is 12.4. The van der Waals surface area contributed by atoms with E-state index in [0.717, 1.165) is 29.9 Å². The minimum Gasteiger partial charge on any atom is -0.494 e. The summed E-state index contributed by atoms with van der Waals surface area (Å²) in [4.78, 5) is 21.6. The van der Waals surface area contributed by atoms with Gasteiger partial charge in [-0.05, 0) is 49.5 Å². The van der Waals surface area contributed by atoms with Crippen LogP contribution >= 0.6 is 23.7 Å². The van der Waals surface area contributed by atoms with Crippen molar-refractivity contribution >= 4 is 54.8 Å². The van der Waals surface area contributed by atoms with Crippen molar-refractivity contribution in [1.82, 2.24) is 9.88 Å². The molecule has 0 atom stereocenters. The van der Waals surface area contributed by atoms with Crippen molar-refractivity contribution in [1.29, 1.82) is 0 Å². The van der Waals surface area contributed by atoms with Gasteiger partial charge in [0.1, 0.15) is 17.1 Å². The monoisotopic (exact) mass is 529 g/mol. The number of carbonyl (C=O) groups excluding carboxylic acids is 1. The molecule has 34 heavy (non-hydrogen) atoms. The van der Waals surface area contributed by atoms with Gasteiger partial charge in [-0.3, -0.25) is 9.69 Å². The highest BCUT2D eigenvalue weighted by Gasteiger charge is 2.24. The molecule has 0 aliphatic rings. The van der Waals surface area contributed by atoms with Crippen molar-refractivity contribution in [2.75, 3.05) is 43.9 Å². The smallest absolute Gasteiger partial charge is 0.229 e. The number of thiazole rings is 1. The number of benzene rings is 2. The summed E-state index contributed by atoms with van der Waals surface area (Å²) in [6, 6.07) is 10.2. The molecule has 2 aromatic carbocycles. The number of amides is 1. The zero-order valence-electron chi connectivity index (χ0n) is 19.4. The number of ether oxygens (including phenoxy) is 1. The SMILES string of the molecule is CCN(CC)CCN(C(=O)CCS(=O)(=O)c1ccc(F)cc1)c1nc2c(OC)cccc2s1.Cl. The summed E-state index contributed by atoms with van der Waals surface area (Å²) in [7, 11) is -2.16. The molecule has 0 saturated heterocycles. The lowest BCUT2D eigenvalue weighted by Crippen LogP contribution is -2.39. The second-order valence-electron chi connectivity index (χ2n) is 7.40. The van der Waals surface area contributed by atoms with Crippen LogP contribution in [0.2, 0.25) is 0 Å². The number of carbonyl (C=O) groups is 1. The molecule has 0 N–H and O–H groups in total. The minimum absolute atomic E-state index is 0. The molecular formula is C23H29ClFN3O4S2. The number of rotatable bonds is 11. The molecule has 7 nitrogen and oxygen atoms in total. The van der Waals surface area contributed by atoms with E-state index in [2.05, 4.69) is 9.88 Å². The summed E-state index contributed by atoms with van der Waals surface area (Å²) in [6.45, 7) is 6.80. The number of aromatic nitrogens is 1. The van der Waals surface area contributed by atoms with Gasteiger partial charge in [0.2, 0.25) is 5.91 Å². The number of para-hydroxylation sites is 1. The maximum Gasteiger partial charge on any atom is 0.229 e. The normalized spacial score (nSPS) is 11.4. The number of hydrogen-bond acceptors (Lipinski definition) is 7. The van der Waals surface area contributed by atoms with Gasteiger partial charge < -0.3 is 9.64 Å². The average Bonchev–Trinajstić information content (AvgIpc) is 3.24. The zero-order chi connectivity index (χ0) is 24.0. The van der Waals surface area contributed by atoms with Crippen LogP contribution in [-0.4, -0.2) is 63.3 Å². The molecule has 0 aliphatic heterocycles. The van der Waals surface area contributed by atoms with Gasteiger partial charge in [-0.1, -0.05) is 31.3 Å². The van der Waals surface area contributed by atoms with Gasteiger partial charge in [0.15, 0.2) is 15.0 Å². The van der Waals surface area contributed by atoms with Crippen LogP contribution in [0.4, 0.5) is 9.52 Å². The van der Waals surface area contributed by atoms with Gasteiger partial charge in [-0.2, -0.15) is 0 Å². The number of fused-ring (bicyclic) bond motifs is 1. The second-order valence-corrected chi connectivity index (χ2v) is 10.5. The first-order valence-electron chi connectivity index (χ1n) is 10.7. The number of hydrogen-bond donors (Lipinski definition) is 0. The van der Waals surface area contributed by atoms with Gasteiger partial charge in [-0.25, -0.2) is 17.8 Å². The number of anilines is 1. The predicted octanol–water partition coefficient (Wildman–Crippen LogP) is 4.40. The summed E-state index contributed by atoms with van der Waals surface area (Å²) in [5, 5.41) is 0.505. The van der Waals surface area contributed by atoms with Crippen LogP contribution in [0.25, 0.3) is 10.2 Å². The largest absolute Gasteiger partial charge is 0.494 e. The van der Waals surface area contributed by atoms with E-state index in [4.69, 9.17) is 4.74 Å². The Hall–Kier alpha value is -2.27. The zero-order valence-corrected chi connectivity index (χ0v) is 21.8. The Morgan fingerprint density at radius 1 is 1.09 bits per heavy atom. The van der Waals surface area contributed by atoms with Crippen LogP contribution in [-0.2, 0) is 14.6 Å². The highest BCUT2D eigenvalue weighted by Crippen LogP contribution is 2.34. The molecule has 0 unspecified atom stereocenters. The lowest BCUT2D eigenvalue weighted by Gasteiger charge is -2.24. The lowest BCUT2D eigenvalue weighted by atomic mass is 10.3. The molecule has 11 heteroatoms. The number of likely N-dealkylation sites (N-methyl/N-ethyl adjacent to an activating group) is 1. The molecule has 3 aromatic rings. The van der Waals surface area contributed by atoms with Crippen LogP contribution in [0.3, 0.4) is 0 Å². The van der Waals surface area contributed by atoms with E-state index >= 15 is 0 Å². The molecule has 0 saturated carbocycles. The molecule has 0 fully saturated rings. The topological polar surface area (TPSA) is 79.8 Å². The van der Waals surface area contributed by atoms with Crippen LogP contribution in [0, 0.1) is 5.82 Å². The summed E-state index contributed by atoms with van der Waals surface area (Å²) < 4.78 is 44.7. The van der Waals surface area contributed by atoms with E-state index in [9.17, 15) is 17.6 Å². The number of nitrogens with zero attached hydrogens (tertiary/aromatic N) is 3. The first-order chi connectivity index (χ1) is 15.8. The fraction of sp³-hybridized carbons (Fsp3) is 0.391. The maximum absolute atomic E-state index is 13.2. The third-order valence-electron chi connectivity index (χ3n) is 5.41. The Morgan fingerprint density at radius 2 is 1.76 bits per heavy atom. The molecule has 1 aromatic heterocycles. The minimum atomic E-state index is -3.73. The summed E-state index contributed by atoms with van der Waals surface area (Å²) >= 11 is 1.37. The van der Waals surface area contributed by atoms with Crippen molar-refractivity contribution in [2.45, 2.75) is 25.2 Å². The van der Waals surface area contributed by atoms with Gasteiger partial charge >= 0.3 is 0 Å². The Kier molecular flexibility index (Phi) is 10.2. The first kappa shape index (κ1) is 28.0. The number of halogens is 2. The van der Waals surface area contributed by atoms with Gasteiger partial charge in [0, 0.05) is 19.5 Å². The Labute approximate surface area is 209 Å². The highest BCUT2D eigenvalue weighted by atomic mass is 35.5. The standard InChI is InChI=1S/C23H28FN3O4S2.ClH/c1-4-26(5-2)14-15-27(23-25-22-19(31-3)7-6-8-20(22)32-23)21(28)13-16-33(29,30)18-11-9-17(24)10-12-18;/h6-12H,4-5,13-16H2,1-3H3;1H. The molecule has 0 bridgehead atoms. The van der Waals surface area contributed by atoms with E-state index in [-0.39, 0.29) is 35.4 Å². The predicted molar refractivity (Wildman–Crippen MR) is 137 cm³/mol. The summed E-state index contributed by atoms with van der Waals surface area (Å²) in [5.74, 6) is -0.595. The van der Waals surface area contributed by atoms with Crippen molar-refractivity contribution in [3.05, 3.63) is 48.3 Å². The van der Waals surface area contributed by atoms with E-state index in [1.54, 1.807) is 12.0 Å². The van der Waals surface area contributed by atoms with Crippen LogP contribution in [0.5, 0.6) is 5.75 Å². The van der Waals surface area contributed by atoms with Crippen LogP contribution in [0.15, 0.2) is 47.4 Å². The number of methoxy groups -OCH3 is 1. The van der Waals surface area contributed by atoms with Gasteiger partial charge in [0.25, 0.3) is 0 Å². The van der Waals surface area contributed by atoms with Gasteiger partial charge in [0.05, 0.1) is 22.5 Å². The lowest BCUT2D eigenvalue weighted by molar-refractivity contribution is -0.118. The fourth-order valence-electron chi connectivity index (χ4n) is 3.42. The molecule has 0 aliphatic carbocycles. The molecule has 3 rings (SSSR count). The first-order valence-corrected chi connectivity index (χ1v) is 13.2.